The standard InChI is InChI=1S/C19H19ClN2O2.C4H10O/c1-10-8-15-17(12-4-6-13(20)7-5-12)14(9-16(23)24-3)11(2)18(21)19(15)22-10;1-4(2,3)5/h4-8,22H,9,21H2,1-3H3;5H,1-3H3. The molecule has 1 aromatic heterocycles. The molecule has 0 aliphatic heterocycles. The van der Waals surface area contributed by atoms with Crippen molar-refractivity contribution in [2.24, 2.45) is 0 Å². The zero-order chi connectivity index (χ0) is 21.9. The largest absolute Gasteiger partial charge is 0.469 e. The van der Waals surface area contributed by atoms with E-state index < -0.39 is 5.60 Å². The topological polar surface area (TPSA) is 88.3 Å². The number of halogens is 1. The van der Waals surface area contributed by atoms with Crippen LogP contribution in [0.4, 0.5) is 5.69 Å². The maximum absolute atomic E-state index is 11.9. The summed E-state index contributed by atoms with van der Waals surface area (Å²) in [4.78, 5) is 15.2. The summed E-state index contributed by atoms with van der Waals surface area (Å²) < 4.78 is 4.87. The molecule has 0 radical (unpaired) electrons. The lowest BCUT2D eigenvalue weighted by Crippen LogP contribution is -2.10. The Bertz CT molecular complexity index is 1010. The zero-order valence-electron chi connectivity index (χ0n) is 17.8. The van der Waals surface area contributed by atoms with Gasteiger partial charge in [0, 0.05) is 16.1 Å². The second kappa shape index (κ2) is 8.89. The van der Waals surface area contributed by atoms with Crippen molar-refractivity contribution in [1.29, 1.82) is 0 Å². The molecule has 0 bridgehead atoms. The van der Waals surface area contributed by atoms with Gasteiger partial charge in [-0.1, -0.05) is 23.7 Å². The number of aromatic nitrogens is 1. The van der Waals surface area contributed by atoms with Gasteiger partial charge >= 0.3 is 5.97 Å². The van der Waals surface area contributed by atoms with Crippen LogP contribution in [-0.4, -0.2) is 28.8 Å². The molecular formula is C23H29ClN2O3. The van der Waals surface area contributed by atoms with Gasteiger partial charge in [0.25, 0.3) is 0 Å². The van der Waals surface area contributed by atoms with Crippen LogP contribution >= 0.6 is 11.6 Å². The van der Waals surface area contributed by atoms with E-state index in [-0.39, 0.29) is 12.4 Å². The SMILES string of the molecule is CC(C)(C)O.COC(=O)Cc1c(C)c(N)c2[nH]c(C)cc2c1-c1ccc(Cl)cc1. The summed E-state index contributed by atoms with van der Waals surface area (Å²) >= 11 is 6.02. The van der Waals surface area contributed by atoms with E-state index >= 15 is 0 Å². The lowest BCUT2D eigenvalue weighted by atomic mass is 9.89. The molecule has 2 aromatic carbocycles. The number of benzene rings is 2. The van der Waals surface area contributed by atoms with Gasteiger partial charge in [-0.25, -0.2) is 0 Å². The number of fused-ring (bicyclic) bond motifs is 1. The van der Waals surface area contributed by atoms with Crippen molar-refractivity contribution < 1.29 is 14.6 Å². The van der Waals surface area contributed by atoms with Crippen molar-refractivity contribution in [2.75, 3.05) is 12.8 Å². The number of methoxy groups -OCH3 is 1. The first-order chi connectivity index (χ1) is 13.4. The van der Waals surface area contributed by atoms with Gasteiger partial charge in [0.05, 0.1) is 30.3 Å². The fourth-order valence-corrected chi connectivity index (χ4v) is 3.21. The Morgan fingerprint density at radius 2 is 1.76 bits per heavy atom. The fraction of sp³-hybridized carbons (Fsp3) is 0.348. The summed E-state index contributed by atoms with van der Waals surface area (Å²) in [5, 5.41) is 10.2. The Morgan fingerprint density at radius 3 is 2.28 bits per heavy atom. The van der Waals surface area contributed by atoms with E-state index in [1.807, 2.05) is 38.1 Å². The Hall–Kier alpha value is -2.50. The van der Waals surface area contributed by atoms with Crippen LogP contribution in [0, 0.1) is 13.8 Å². The van der Waals surface area contributed by atoms with E-state index in [9.17, 15) is 4.79 Å². The number of nitrogens with two attached hydrogens (primary N) is 1. The highest BCUT2D eigenvalue weighted by Gasteiger charge is 2.20. The van der Waals surface area contributed by atoms with Crippen LogP contribution in [0.25, 0.3) is 22.0 Å². The fourth-order valence-electron chi connectivity index (χ4n) is 3.08. The second-order valence-electron chi connectivity index (χ2n) is 8.06. The molecule has 0 amide bonds. The molecule has 29 heavy (non-hydrogen) atoms. The van der Waals surface area contributed by atoms with Crippen LogP contribution in [0.2, 0.25) is 5.02 Å². The van der Waals surface area contributed by atoms with Crippen LogP contribution < -0.4 is 5.73 Å². The van der Waals surface area contributed by atoms with E-state index in [1.165, 1.54) is 7.11 Å². The average molecular weight is 417 g/mol. The molecule has 1 heterocycles. The third-order valence-corrected chi connectivity index (χ3v) is 4.58. The molecule has 4 N–H and O–H groups in total. The highest BCUT2D eigenvalue weighted by atomic mass is 35.5. The van der Waals surface area contributed by atoms with Gasteiger partial charge in [0.1, 0.15) is 0 Å². The molecule has 0 saturated carbocycles. The minimum absolute atomic E-state index is 0.171. The Balaban J connectivity index is 0.000000537. The molecule has 6 heteroatoms. The van der Waals surface area contributed by atoms with Crippen molar-refractivity contribution in [3.8, 4) is 11.1 Å². The number of H-pyrrole nitrogens is 1. The van der Waals surface area contributed by atoms with Gasteiger partial charge in [-0.05, 0) is 75.1 Å². The van der Waals surface area contributed by atoms with Crippen LogP contribution in [0.3, 0.4) is 0 Å². The molecule has 3 aromatic rings. The predicted octanol–water partition coefficient (Wildman–Crippen LogP) is 5.18. The number of nitrogen functional groups attached to an aromatic ring is 1. The third kappa shape index (κ3) is 5.75. The van der Waals surface area contributed by atoms with Crippen molar-refractivity contribution in [1.82, 2.24) is 4.98 Å². The van der Waals surface area contributed by atoms with Gasteiger partial charge < -0.3 is 20.6 Å². The zero-order valence-corrected chi connectivity index (χ0v) is 18.6. The van der Waals surface area contributed by atoms with E-state index in [2.05, 4.69) is 11.1 Å². The second-order valence-corrected chi connectivity index (χ2v) is 8.50. The van der Waals surface area contributed by atoms with E-state index in [4.69, 9.17) is 27.2 Å². The van der Waals surface area contributed by atoms with Crippen molar-refractivity contribution >= 4 is 34.2 Å². The van der Waals surface area contributed by atoms with Crippen LogP contribution in [0.1, 0.15) is 37.6 Å². The summed E-state index contributed by atoms with van der Waals surface area (Å²) in [7, 11) is 1.39. The molecule has 0 saturated heterocycles. The third-order valence-electron chi connectivity index (χ3n) is 4.33. The lowest BCUT2D eigenvalue weighted by Gasteiger charge is -2.17. The summed E-state index contributed by atoms with van der Waals surface area (Å²) in [5.41, 5.74) is 12.1. The number of aromatic amines is 1. The first kappa shape index (κ1) is 22.8. The van der Waals surface area contributed by atoms with Gasteiger partial charge in [-0.3, -0.25) is 4.79 Å². The number of hydrogen-bond acceptors (Lipinski definition) is 4. The number of carbonyl (C=O) groups excluding carboxylic acids is 1. The van der Waals surface area contributed by atoms with Gasteiger partial charge in [-0.15, -0.1) is 0 Å². The van der Waals surface area contributed by atoms with Gasteiger partial charge in [0.15, 0.2) is 0 Å². The number of ether oxygens (including phenoxy) is 1. The number of nitrogens with one attached hydrogen (secondary N) is 1. The number of aryl methyl sites for hydroxylation is 1. The average Bonchev–Trinajstić information content (AvgIpc) is 3.00. The molecular weight excluding hydrogens is 388 g/mol. The summed E-state index contributed by atoms with van der Waals surface area (Å²) in [5.74, 6) is -0.292. The minimum Gasteiger partial charge on any atom is -0.469 e. The first-order valence-corrected chi connectivity index (χ1v) is 9.75. The number of rotatable bonds is 3. The number of aliphatic hydroxyl groups is 1. The highest BCUT2D eigenvalue weighted by molar-refractivity contribution is 6.30. The molecule has 0 unspecified atom stereocenters. The number of anilines is 1. The van der Waals surface area contributed by atoms with Gasteiger partial charge in [0.2, 0.25) is 0 Å². The molecule has 0 aliphatic rings. The number of hydrogen-bond donors (Lipinski definition) is 3. The summed E-state index contributed by atoms with van der Waals surface area (Å²) in [6, 6.07) is 9.65. The van der Waals surface area contributed by atoms with Crippen LogP contribution in [0.5, 0.6) is 0 Å². The normalized spacial score (nSPS) is 11.2. The van der Waals surface area contributed by atoms with E-state index in [0.29, 0.717) is 10.7 Å². The quantitative estimate of drug-likeness (QED) is 0.405. The van der Waals surface area contributed by atoms with E-state index in [0.717, 1.165) is 38.9 Å². The predicted molar refractivity (Wildman–Crippen MR) is 120 cm³/mol. The monoisotopic (exact) mass is 416 g/mol. The lowest BCUT2D eigenvalue weighted by molar-refractivity contribution is -0.139. The Morgan fingerprint density at radius 1 is 1.21 bits per heavy atom. The van der Waals surface area contributed by atoms with Gasteiger partial charge in [-0.2, -0.15) is 0 Å². The summed E-state index contributed by atoms with van der Waals surface area (Å²) in [6.45, 7) is 9.15. The molecule has 5 nitrogen and oxygen atoms in total. The van der Waals surface area contributed by atoms with Crippen LogP contribution in [-0.2, 0) is 16.0 Å². The van der Waals surface area contributed by atoms with Crippen molar-refractivity contribution in [3.63, 3.8) is 0 Å². The molecule has 0 atom stereocenters. The maximum Gasteiger partial charge on any atom is 0.310 e. The molecule has 0 aliphatic carbocycles. The van der Waals surface area contributed by atoms with Crippen molar-refractivity contribution in [3.05, 3.63) is 52.2 Å². The molecule has 0 fully saturated rings. The highest BCUT2D eigenvalue weighted by Crippen LogP contribution is 2.39. The van der Waals surface area contributed by atoms with Crippen molar-refractivity contribution in [2.45, 2.75) is 46.6 Å². The van der Waals surface area contributed by atoms with Crippen LogP contribution in [0.15, 0.2) is 30.3 Å². The Labute approximate surface area is 176 Å². The first-order valence-electron chi connectivity index (χ1n) is 9.37. The minimum atomic E-state index is -0.500. The Kier molecular flexibility index (Phi) is 6.98. The number of carbonyl (C=O) groups is 1. The smallest absolute Gasteiger partial charge is 0.310 e. The molecule has 0 spiro atoms. The maximum atomic E-state index is 11.9. The molecule has 3 rings (SSSR count). The molecule has 156 valence electrons. The van der Waals surface area contributed by atoms with E-state index in [1.54, 1.807) is 20.8 Å². The summed E-state index contributed by atoms with van der Waals surface area (Å²) in [6.07, 6.45) is 0.171. The number of esters is 1.